The van der Waals surface area contributed by atoms with Crippen molar-refractivity contribution in [2.75, 3.05) is 0 Å². The van der Waals surface area contributed by atoms with Crippen LogP contribution in [0.5, 0.6) is 0 Å². The van der Waals surface area contributed by atoms with Crippen LogP contribution >= 0.6 is 0 Å². The van der Waals surface area contributed by atoms with Gasteiger partial charge >= 0.3 is 0 Å². The number of hydrogen-bond donors (Lipinski definition) is 0. The molecule has 0 saturated carbocycles. The number of unbranched alkanes of at least 4 members (excludes halogenated alkanes) is 3. The number of allylic oxidation sites excluding steroid dienone is 2. The molecule has 0 aliphatic carbocycles. The highest BCUT2D eigenvalue weighted by Gasteiger charge is 2.05. The minimum atomic E-state index is 0.668. The van der Waals surface area contributed by atoms with Crippen LogP contribution in [-0.2, 0) is 0 Å². The van der Waals surface area contributed by atoms with Crippen LogP contribution in [0, 0.1) is 17.8 Å². The van der Waals surface area contributed by atoms with Crippen LogP contribution in [0.3, 0.4) is 0 Å². The van der Waals surface area contributed by atoms with Crippen molar-refractivity contribution in [2.45, 2.75) is 85.0 Å². The Labute approximate surface area is 128 Å². The third-order valence-electron chi connectivity index (χ3n) is 4.69. The van der Waals surface area contributed by atoms with Gasteiger partial charge in [-0.05, 0) is 37.0 Å². The van der Waals surface area contributed by atoms with Gasteiger partial charge in [0.25, 0.3) is 0 Å². The van der Waals surface area contributed by atoms with Crippen LogP contribution < -0.4 is 0 Å². The highest BCUT2D eigenvalue weighted by molar-refractivity contribution is 4.80. The summed E-state index contributed by atoms with van der Waals surface area (Å²) in [6.45, 7) is 14.8. The normalized spacial score (nSPS) is 15.6. The molecule has 0 radical (unpaired) electrons. The number of rotatable bonds is 14. The molecule has 0 N–H and O–H groups in total. The van der Waals surface area contributed by atoms with Gasteiger partial charge in [-0.2, -0.15) is 0 Å². The van der Waals surface area contributed by atoms with Gasteiger partial charge in [0.2, 0.25) is 0 Å². The molecule has 20 heavy (non-hydrogen) atoms. The van der Waals surface area contributed by atoms with Crippen LogP contribution in [0.15, 0.2) is 25.3 Å². The van der Waals surface area contributed by atoms with E-state index in [1.165, 1.54) is 64.2 Å². The predicted octanol–water partition coefficient (Wildman–Crippen LogP) is 7.17. The van der Waals surface area contributed by atoms with E-state index in [1.807, 2.05) is 0 Å². The summed E-state index contributed by atoms with van der Waals surface area (Å²) in [6.07, 6.45) is 17.9. The number of hydrogen-bond acceptors (Lipinski definition) is 0. The lowest BCUT2D eigenvalue weighted by molar-refractivity contribution is 0.443. The largest absolute Gasteiger partial charge is 0.103 e. The molecule has 0 bridgehead atoms. The first-order valence-corrected chi connectivity index (χ1v) is 8.89. The molecule has 3 atom stereocenters. The first-order chi connectivity index (χ1) is 9.63. The fraction of sp³-hybridized carbons (Fsp3) is 0.800. The van der Waals surface area contributed by atoms with Crippen molar-refractivity contribution in [1.82, 2.24) is 0 Å². The summed E-state index contributed by atoms with van der Waals surface area (Å²) in [4.78, 5) is 0. The molecule has 0 heterocycles. The zero-order chi connectivity index (χ0) is 15.2. The highest BCUT2D eigenvalue weighted by Crippen LogP contribution is 2.21. The fourth-order valence-corrected chi connectivity index (χ4v) is 2.66. The maximum Gasteiger partial charge on any atom is -0.0236 e. The average molecular weight is 279 g/mol. The molecular formula is C20H38. The van der Waals surface area contributed by atoms with E-state index in [4.69, 9.17) is 0 Å². The third kappa shape index (κ3) is 11.3. The van der Waals surface area contributed by atoms with E-state index in [0.717, 1.165) is 11.8 Å². The van der Waals surface area contributed by atoms with Gasteiger partial charge in [0.1, 0.15) is 0 Å². The van der Waals surface area contributed by atoms with Crippen molar-refractivity contribution in [2.24, 2.45) is 17.8 Å². The smallest absolute Gasteiger partial charge is 0.0236 e. The second kappa shape index (κ2) is 13.5. The molecule has 0 aromatic heterocycles. The maximum atomic E-state index is 4.01. The summed E-state index contributed by atoms with van der Waals surface area (Å²) in [5.74, 6) is 2.32. The minimum absolute atomic E-state index is 0.668. The van der Waals surface area contributed by atoms with Gasteiger partial charge in [0.05, 0.1) is 0 Å². The van der Waals surface area contributed by atoms with Crippen molar-refractivity contribution in [3.8, 4) is 0 Å². The van der Waals surface area contributed by atoms with E-state index in [-0.39, 0.29) is 0 Å². The Kier molecular flexibility index (Phi) is 13.1. The van der Waals surface area contributed by atoms with Crippen LogP contribution in [-0.4, -0.2) is 0 Å². The Balaban J connectivity index is 3.50. The monoisotopic (exact) mass is 278 g/mol. The fourth-order valence-electron chi connectivity index (χ4n) is 2.66. The zero-order valence-corrected chi connectivity index (χ0v) is 14.4. The summed E-state index contributed by atoms with van der Waals surface area (Å²) in [7, 11) is 0. The topological polar surface area (TPSA) is 0 Å². The molecule has 0 fully saturated rings. The van der Waals surface area contributed by atoms with Gasteiger partial charge in [0.15, 0.2) is 0 Å². The Morgan fingerprint density at radius 3 is 1.90 bits per heavy atom. The molecular weight excluding hydrogens is 240 g/mol. The maximum absolute atomic E-state index is 4.01. The molecule has 118 valence electrons. The Morgan fingerprint density at radius 2 is 1.35 bits per heavy atom. The molecule has 0 heteroatoms. The lowest BCUT2D eigenvalue weighted by Crippen LogP contribution is -1.99. The van der Waals surface area contributed by atoms with Gasteiger partial charge in [-0.15, -0.1) is 13.2 Å². The van der Waals surface area contributed by atoms with E-state index in [2.05, 4.69) is 46.1 Å². The van der Waals surface area contributed by atoms with Crippen LogP contribution in [0.2, 0.25) is 0 Å². The highest BCUT2D eigenvalue weighted by atomic mass is 14.1. The van der Waals surface area contributed by atoms with Gasteiger partial charge in [-0.3, -0.25) is 0 Å². The Bertz CT molecular complexity index is 228. The minimum Gasteiger partial charge on any atom is -0.103 e. The van der Waals surface area contributed by atoms with Crippen molar-refractivity contribution in [1.29, 1.82) is 0 Å². The van der Waals surface area contributed by atoms with E-state index >= 15 is 0 Å². The average Bonchev–Trinajstić information content (AvgIpc) is 2.47. The molecule has 0 aromatic rings. The molecule has 0 aromatic carbocycles. The second-order valence-corrected chi connectivity index (χ2v) is 6.64. The molecule has 3 unspecified atom stereocenters. The Hall–Kier alpha value is -0.520. The third-order valence-corrected chi connectivity index (χ3v) is 4.69. The summed E-state index contributed by atoms with van der Waals surface area (Å²) in [5.41, 5.74) is 0. The van der Waals surface area contributed by atoms with Gasteiger partial charge in [-0.1, -0.05) is 77.9 Å². The standard InChI is InChI=1S/C20H38/c1-6-18(4)14-11-9-10-12-16-20(8-3)17-13-15-19(5)7-2/h7-8,18-20H,2-3,6,9-17H2,1,4-5H3. The molecule has 0 amide bonds. The van der Waals surface area contributed by atoms with Crippen LogP contribution in [0.1, 0.15) is 85.0 Å². The van der Waals surface area contributed by atoms with Crippen LogP contribution in [0.4, 0.5) is 0 Å². The van der Waals surface area contributed by atoms with Gasteiger partial charge in [0, 0.05) is 0 Å². The summed E-state index contributed by atoms with van der Waals surface area (Å²) in [5, 5.41) is 0. The van der Waals surface area contributed by atoms with Gasteiger partial charge in [-0.25, -0.2) is 0 Å². The quantitative estimate of drug-likeness (QED) is 0.233. The van der Waals surface area contributed by atoms with Crippen molar-refractivity contribution < 1.29 is 0 Å². The van der Waals surface area contributed by atoms with Crippen molar-refractivity contribution >= 4 is 0 Å². The second-order valence-electron chi connectivity index (χ2n) is 6.64. The first kappa shape index (κ1) is 19.5. The van der Waals surface area contributed by atoms with E-state index < -0.39 is 0 Å². The predicted molar refractivity (Wildman–Crippen MR) is 94.1 cm³/mol. The van der Waals surface area contributed by atoms with Gasteiger partial charge < -0.3 is 0 Å². The lowest BCUT2D eigenvalue weighted by Gasteiger charge is -2.13. The molecule has 0 nitrogen and oxygen atoms in total. The van der Waals surface area contributed by atoms with E-state index in [1.54, 1.807) is 0 Å². The molecule has 0 rings (SSSR count). The van der Waals surface area contributed by atoms with Crippen LogP contribution in [0.25, 0.3) is 0 Å². The molecule has 0 spiro atoms. The SMILES string of the molecule is C=CC(C)CCCC(C=C)CCCCCCC(C)CC. The zero-order valence-electron chi connectivity index (χ0n) is 14.4. The van der Waals surface area contributed by atoms with Crippen molar-refractivity contribution in [3.05, 3.63) is 25.3 Å². The van der Waals surface area contributed by atoms with Crippen molar-refractivity contribution in [3.63, 3.8) is 0 Å². The summed E-state index contributed by atoms with van der Waals surface area (Å²) in [6, 6.07) is 0. The van der Waals surface area contributed by atoms with E-state index in [9.17, 15) is 0 Å². The summed E-state index contributed by atoms with van der Waals surface area (Å²) >= 11 is 0. The molecule has 0 saturated heterocycles. The summed E-state index contributed by atoms with van der Waals surface area (Å²) < 4.78 is 0. The lowest BCUT2D eigenvalue weighted by atomic mass is 9.92. The van der Waals surface area contributed by atoms with E-state index in [0.29, 0.717) is 5.92 Å². The molecule has 0 aliphatic rings. The first-order valence-electron chi connectivity index (χ1n) is 8.89. The molecule has 0 aliphatic heterocycles. The Morgan fingerprint density at radius 1 is 0.750 bits per heavy atom.